The van der Waals surface area contributed by atoms with Gasteiger partial charge in [0.1, 0.15) is 0 Å². The van der Waals surface area contributed by atoms with Crippen molar-refractivity contribution in [2.75, 3.05) is 6.54 Å². The predicted molar refractivity (Wildman–Crippen MR) is 93.4 cm³/mol. The second-order valence-electron chi connectivity index (χ2n) is 6.23. The highest BCUT2D eigenvalue weighted by molar-refractivity contribution is 6.42. The average Bonchev–Trinajstić information content (AvgIpc) is 2.77. The first kappa shape index (κ1) is 17.1. The van der Waals surface area contributed by atoms with Crippen molar-refractivity contribution in [3.05, 3.63) is 33.8 Å². The molecule has 1 unspecified atom stereocenters. The molecule has 3 heteroatoms. The first-order valence-electron chi connectivity index (χ1n) is 8.38. The number of nitrogens with one attached hydrogen (secondary N) is 1. The molecule has 0 aliphatic heterocycles. The van der Waals surface area contributed by atoms with Gasteiger partial charge in [-0.1, -0.05) is 67.9 Å². The van der Waals surface area contributed by atoms with Gasteiger partial charge in [-0.25, -0.2) is 0 Å². The summed E-state index contributed by atoms with van der Waals surface area (Å²) in [5.74, 6) is 0.772. The number of hydrogen-bond donors (Lipinski definition) is 1. The van der Waals surface area contributed by atoms with E-state index in [2.05, 4.69) is 18.3 Å². The Balaban J connectivity index is 2.09. The minimum atomic E-state index is 0.527. The molecule has 0 heterocycles. The van der Waals surface area contributed by atoms with E-state index in [1.807, 2.05) is 12.1 Å². The van der Waals surface area contributed by atoms with Crippen LogP contribution in [0.15, 0.2) is 18.2 Å². The van der Waals surface area contributed by atoms with E-state index in [-0.39, 0.29) is 0 Å². The smallest absolute Gasteiger partial charge is 0.0624 e. The first-order valence-corrected chi connectivity index (χ1v) is 9.14. The monoisotopic (exact) mass is 327 g/mol. The van der Waals surface area contributed by atoms with Crippen molar-refractivity contribution in [2.24, 2.45) is 5.92 Å². The molecule has 1 nitrogen and oxygen atoms in total. The van der Waals surface area contributed by atoms with Crippen LogP contribution < -0.4 is 5.32 Å². The van der Waals surface area contributed by atoms with Crippen molar-refractivity contribution >= 4 is 23.2 Å². The molecule has 0 amide bonds. The molecule has 0 saturated heterocycles. The quantitative estimate of drug-likeness (QED) is 0.644. The van der Waals surface area contributed by atoms with Gasteiger partial charge in [-0.3, -0.25) is 0 Å². The van der Waals surface area contributed by atoms with Crippen molar-refractivity contribution in [2.45, 2.75) is 64.3 Å². The Morgan fingerprint density at radius 2 is 1.86 bits per heavy atom. The lowest BCUT2D eigenvalue weighted by atomic mass is 9.87. The molecule has 1 N–H and O–H groups in total. The molecule has 1 aliphatic rings. The Morgan fingerprint density at radius 3 is 2.52 bits per heavy atom. The summed E-state index contributed by atoms with van der Waals surface area (Å²) in [6, 6.07) is 6.52. The summed E-state index contributed by atoms with van der Waals surface area (Å²) in [6.45, 7) is 3.31. The van der Waals surface area contributed by atoms with E-state index in [0.717, 1.165) is 23.9 Å². The Morgan fingerprint density at radius 1 is 1.14 bits per heavy atom. The van der Waals surface area contributed by atoms with Gasteiger partial charge < -0.3 is 5.32 Å². The predicted octanol–water partition coefficient (Wildman–Crippen LogP) is 5.87. The largest absolute Gasteiger partial charge is 0.313 e. The van der Waals surface area contributed by atoms with Crippen molar-refractivity contribution in [1.82, 2.24) is 5.32 Å². The van der Waals surface area contributed by atoms with Gasteiger partial charge in [-0.15, -0.1) is 0 Å². The summed E-state index contributed by atoms with van der Waals surface area (Å²) >= 11 is 12.5. The summed E-state index contributed by atoms with van der Waals surface area (Å²) in [5.41, 5.74) is 1.18. The molecule has 1 aromatic carbocycles. The third-order valence-electron chi connectivity index (χ3n) is 4.60. The summed E-state index contributed by atoms with van der Waals surface area (Å²) in [7, 11) is 0. The van der Waals surface area contributed by atoms with Gasteiger partial charge in [0.2, 0.25) is 0 Å². The molecule has 1 aliphatic carbocycles. The SMILES string of the molecule is CCCNC(Cc1cccc(Cl)c1Cl)C1CCCCCC1. The standard InChI is InChI=1S/C18H27Cl2N/c1-2-12-21-17(14-8-5-3-4-6-9-14)13-15-10-7-11-16(19)18(15)20/h7,10-11,14,17,21H,2-6,8-9,12-13H2,1H3. The summed E-state index contributed by atoms with van der Waals surface area (Å²) < 4.78 is 0. The Kier molecular flexibility index (Phi) is 7.36. The molecular weight excluding hydrogens is 301 g/mol. The van der Waals surface area contributed by atoms with Crippen LogP contribution in [0.2, 0.25) is 10.0 Å². The normalized spacial score (nSPS) is 18.4. The van der Waals surface area contributed by atoms with Crippen LogP contribution in [0.1, 0.15) is 57.4 Å². The third-order valence-corrected chi connectivity index (χ3v) is 5.45. The van der Waals surface area contributed by atoms with Crippen molar-refractivity contribution in [3.63, 3.8) is 0 Å². The van der Waals surface area contributed by atoms with Gasteiger partial charge in [-0.2, -0.15) is 0 Å². The van der Waals surface area contributed by atoms with E-state index in [1.54, 1.807) is 0 Å². The van der Waals surface area contributed by atoms with Gasteiger partial charge in [0.25, 0.3) is 0 Å². The molecule has 0 bridgehead atoms. The van der Waals surface area contributed by atoms with E-state index in [0.29, 0.717) is 11.1 Å². The van der Waals surface area contributed by atoms with E-state index < -0.39 is 0 Å². The fraction of sp³-hybridized carbons (Fsp3) is 0.667. The minimum absolute atomic E-state index is 0.527. The van der Waals surface area contributed by atoms with Crippen LogP contribution >= 0.6 is 23.2 Å². The molecule has 2 rings (SSSR count). The molecule has 1 fully saturated rings. The fourth-order valence-corrected chi connectivity index (χ4v) is 3.79. The van der Waals surface area contributed by atoms with Gasteiger partial charge in [0.05, 0.1) is 10.0 Å². The molecule has 1 saturated carbocycles. The van der Waals surface area contributed by atoms with Crippen LogP contribution in [0.5, 0.6) is 0 Å². The van der Waals surface area contributed by atoms with Crippen molar-refractivity contribution < 1.29 is 0 Å². The number of halogens is 2. The third kappa shape index (κ3) is 5.16. The maximum atomic E-state index is 6.38. The lowest BCUT2D eigenvalue weighted by Crippen LogP contribution is -2.38. The number of benzene rings is 1. The van der Waals surface area contributed by atoms with E-state index in [4.69, 9.17) is 23.2 Å². The lowest BCUT2D eigenvalue weighted by Gasteiger charge is -2.28. The summed E-state index contributed by atoms with van der Waals surface area (Å²) in [6.07, 6.45) is 10.4. The van der Waals surface area contributed by atoms with Crippen LogP contribution in [0, 0.1) is 5.92 Å². The Bertz CT molecular complexity index is 425. The van der Waals surface area contributed by atoms with Crippen LogP contribution in [-0.4, -0.2) is 12.6 Å². The molecule has 0 radical (unpaired) electrons. The van der Waals surface area contributed by atoms with Gasteiger partial charge in [0.15, 0.2) is 0 Å². The molecule has 21 heavy (non-hydrogen) atoms. The maximum absolute atomic E-state index is 6.38. The molecule has 0 aromatic heterocycles. The van der Waals surface area contributed by atoms with Crippen molar-refractivity contribution in [3.8, 4) is 0 Å². The van der Waals surface area contributed by atoms with Crippen LogP contribution in [0.3, 0.4) is 0 Å². The highest BCUT2D eigenvalue weighted by Crippen LogP contribution is 2.31. The van der Waals surface area contributed by atoms with E-state index >= 15 is 0 Å². The molecule has 1 atom stereocenters. The van der Waals surface area contributed by atoms with Crippen LogP contribution in [0.25, 0.3) is 0 Å². The van der Waals surface area contributed by atoms with Gasteiger partial charge in [0, 0.05) is 6.04 Å². The van der Waals surface area contributed by atoms with E-state index in [1.165, 1.54) is 50.5 Å². The van der Waals surface area contributed by atoms with Crippen molar-refractivity contribution in [1.29, 1.82) is 0 Å². The second-order valence-corrected chi connectivity index (χ2v) is 7.01. The fourth-order valence-electron chi connectivity index (χ4n) is 3.39. The summed E-state index contributed by atoms with van der Waals surface area (Å²) in [5, 5.41) is 5.16. The summed E-state index contributed by atoms with van der Waals surface area (Å²) in [4.78, 5) is 0. The zero-order valence-electron chi connectivity index (χ0n) is 13.0. The molecule has 1 aromatic rings. The van der Waals surface area contributed by atoms with E-state index in [9.17, 15) is 0 Å². The Labute approximate surface area is 139 Å². The Hall–Kier alpha value is -0.240. The first-order chi connectivity index (χ1) is 10.2. The lowest BCUT2D eigenvalue weighted by molar-refractivity contribution is 0.317. The number of hydrogen-bond acceptors (Lipinski definition) is 1. The highest BCUT2D eigenvalue weighted by Gasteiger charge is 2.23. The second kappa shape index (κ2) is 9.02. The number of rotatable bonds is 6. The molecule has 0 spiro atoms. The zero-order valence-corrected chi connectivity index (χ0v) is 14.5. The zero-order chi connectivity index (χ0) is 15.1. The molecule has 118 valence electrons. The van der Waals surface area contributed by atoms with Crippen LogP contribution in [-0.2, 0) is 6.42 Å². The van der Waals surface area contributed by atoms with Gasteiger partial charge >= 0.3 is 0 Å². The van der Waals surface area contributed by atoms with Gasteiger partial charge in [-0.05, 0) is 49.8 Å². The average molecular weight is 328 g/mol. The topological polar surface area (TPSA) is 12.0 Å². The highest BCUT2D eigenvalue weighted by atomic mass is 35.5. The maximum Gasteiger partial charge on any atom is 0.0624 e. The molecular formula is C18H27Cl2N. The van der Waals surface area contributed by atoms with Crippen LogP contribution in [0.4, 0.5) is 0 Å². The minimum Gasteiger partial charge on any atom is -0.313 e.